The predicted molar refractivity (Wildman–Crippen MR) is 75.5 cm³/mol. The fraction of sp³-hybridized carbons (Fsp3) is 0.786. The van der Waals surface area contributed by atoms with Crippen LogP contribution < -0.4 is 5.32 Å². The van der Waals surface area contributed by atoms with Crippen LogP contribution in [0.15, 0.2) is 11.1 Å². The molecule has 108 valence electrons. The Morgan fingerprint density at radius 1 is 1.21 bits per heavy atom. The lowest BCUT2D eigenvalue weighted by molar-refractivity contribution is -0.126. The zero-order chi connectivity index (χ0) is 14.0. The van der Waals surface area contributed by atoms with Gasteiger partial charge in [-0.25, -0.2) is 8.42 Å². The van der Waals surface area contributed by atoms with Crippen molar-refractivity contribution in [2.45, 2.75) is 52.0 Å². The molecule has 2 rings (SSSR count). The second-order valence-corrected chi connectivity index (χ2v) is 8.19. The predicted octanol–water partition coefficient (Wildman–Crippen LogP) is 1.82. The largest absolute Gasteiger partial charge is 0.352 e. The summed E-state index contributed by atoms with van der Waals surface area (Å²) in [6.07, 6.45) is 4.13. The summed E-state index contributed by atoms with van der Waals surface area (Å²) in [4.78, 5) is 12.2. The molecule has 1 fully saturated rings. The molecule has 1 heterocycles. The van der Waals surface area contributed by atoms with Crippen molar-refractivity contribution < 1.29 is 13.2 Å². The van der Waals surface area contributed by atoms with Crippen molar-refractivity contribution >= 4 is 15.7 Å². The van der Waals surface area contributed by atoms with E-state index >= 15 is 0 Å². The van der Waals surface area contributed by atoms with Gasteiger partial charge in [0.05, 0.1) is 11.5 Å². The van der Waals surface area contributed by atoms with Gasteiger partial charge in [-0.3, -0.25) is 4.79 Å². The van der Waals surface area contributed by atoms with E-state index in [1.165, 1.54) is 11.1 Å². The minimum Gasteiger partial charge on any atom is -0.352 e. The van der Waals surface area contributed by atoms with E-state index < -0.39 is 9.84 Å². The maximum atomic E-state index is 12.2. The Labute approximate surface area is 115 Å². The number of carbonyl (C=O) groups excluding carboxylic acids is 1. The Morgan fingerprint density at radius 3 is 2.58 bits per heavy atom. The number of sulfone groups is 1. The van der Waals surface area contributed by atoms with Crippen LogP contribution in [-0.2, 0) is 14.6 Å². The van der Waals surface area contributed by atoms with Crippen molar-refractivity contribution in [1.29, 1.82) is 0 Å². The summed E-state index contributed by atoms with van der Waals surface area (Å²) in [5.74, 6) is 0.436. The van der Waals surface area contributed by atoms with Crippen LogP contribution in [0.3, 0.4) is 0 Å². The number of hydrogen-bond acceptors (Lipinski definition) is 3. The molecule has 0 aromatic carbocycles. The highest BCUT2D eigenvalue weighted by Gasteiger charge is 2.29. The van der Waals surface area contributed by atoms with Crippen LogP contribution in [0, 0.1) is 5.92 Å². The topological polar surface area (TPSA) is 63.2 Å². The van der Waals surface area contributed by atoms with Crippen LogP contribution >= 0.6 is 0 Å². The van der Waals surface area contributed by atoms with E-state index in [-0.39, 0.29) is 29.4 Å². The molecule has 0 spiro atoms. The molecule has 0 radical (unpaired) electrons. The number of carbonyl (C=O) groups is 1. The van der Waals surface area contributed by atoms with Crippen LogP contribution in [0.5, 0.6) is 0 Å². The molecule has 2 unspecified atom stereocenters. The monoisotopic (exact) mass is 285 g/mol. The first kappa shape index (κ1) is 14.6. The first-order chi connectivity index (χ1) is 8.87. The molecule has 1 N–H and O–H groups in total. The molecule has 1 aliphatic carbocycles. The third-order valence-electron chi connectivity index (χ3n) is 4.33. The zero-order valence-corrected chi connectivity index (χ0v) is 12.6. The number of amides is 1. The van der Waals surface area contributed by atoms with Gasteiger partial charge in [-0.15, -0.1) is 0 Å². The summed E-state index contributed by atoms with van der Waals surface area (Å²) >= 11 is 0. The molecule has 0 saturated carbocycles. The van der Waals surface area contributed by atoms with Crippen molar-refractivity contribution in [1.82, 2.24) is 5.32 Å². The molecule has 19 heavy (non-hydrogen) atoms. The van der Waals surface area contributed by atoms with Gasteiger partial charge in [-0.05, 0) is 46.0 Å². The summed E-state index contributed by atoms with van der Waals surface area (Å²) in [6.45, 7) is 4.21. The molecule has 4 nitrogen and oxygen atoms in total. The average Bonchev–Trinajstić information content (AvgIpc) is 2.31. The lowest BCUT2D eigenvalue weighted by Gasteiger charge is -2.28. The Morgan fingerprint density at radius 2 is 1.95 bits per heavy atom. The van der Waals surface area contributed by atoms with E-state index in [1.54, 1.807) is 0 Å². The Bertz CT molecular complexity index is 493. The molecule has 2 atom stereocenters. The molecule has 0 aromatic heterocycles. The van der Waals surface area contributed by atoms with Gasteiger partial charge in [0.1, 0.15) is 0 Å². The van der Waals surface area contributed by atoms with Crippen LogP contribution in [-0.4, -0.2) is 31.9 Å². The van der Waals surface area contributed by atoms with Crippen LogP contribution in [0.2, 0.25) is 0 Å². The number of rotatable bonds is 2. The van der Waals surface area contributed by atoms with Crippen molar-refractivity contribution in [3.63, 3.8) is 0 Å². The standard InChI is InChI=1S/C14H23NO3S/c1-10-5-6-12(8-11(10)2)14(16)15-13-4-3-7-19(17,18)9-13/h12-13H,3-9H2,1-2H3,(H,15,16). The van der Waals surface area contributed by atoms with Gasteiger partial charge in [-0.2, -0.15) is 0 Å². The van der Waals surface area contributed by atoms with Crippen LogP contribution in [0.1, 0.15) is 46.0 Å². The van der Waals surface area contributed by atoms with Crippen molar-refractivity contribution in [3.8, 4) is 0 Å². The third kappa shape index (κ3) is 3.81. The maximum Gasteiger partial charge on any atom is 0.223 e. The van der Waals surface area contributed by atoms with E-state index in [1.807, 2.05) is 0 Å². The van der Waals surface area contributed by atoms with Gasteiger partial charge >= 0.3 is 0 Å². The molecule has 1 saturated heterocycles. The zero-order valence-electron chi connectivity index (χ0n) is 11.7. The molecule has 0 aromatic rings. The molecular formula is C14H23NO3S. The number of hydrogen-bond donors (Lipinski definition) is 1. The van der Waals surface area contributed by atoms with E-state index in [9.17, 15) is 13.2 Å². The van der Waals surface area contributed by atoms with Gasteiger partial charge in [0.2, 0.25) is 5.91 Å². The van der Waals surface area contributed by atoms with E-state index in [2.05, 4.69) is 19.2 Å². The molecule has 1 aliphatic heterocycles. The lowest BCUT2D eigenvalue weighted by Crippen LogP contribution is -2.45. The van der Waals surface area contributed by atoms with Crippen LogP contribution in [0.25, 0.3) is 0 Å². The molecule has 0 bridgehead atoms. The molecule has 5 heteroatoms. The van der Waals surface area contributed by atoms with Crippen molar-refractivity contribution in [2.24, 2.45) is 5.92 Å². The first-order valence-electron chi connectivity index (χ1n) is 7.03. The fourth-order valence-corrected chi connectivity index (χ4v) is 4.57. The highest BCUT2D eigenvalue weighted by molar-refractivity contribution is 7.91. The Kier molecular flexibility index (Phi) is 4.33. The van der Waals surface area contributed by atoms with Crippen molar-refractivity contribution in [3.05, 3.63) is 11.1 Å². The van der Waals surface area contributed by atoms with E-state index in [4.69, 9.17) is 0 Å². The minimum atomic E-state index is -2.95. The van der Waals surface area contributed by atoms with Crippen molar-refractivity contribution in [2.75, 3.05) is 11.5 Å². The minimum absolute atomic E-state index is 0.0216. The summed E-state index contributed by atoms with van der Waals surface area (Å²) in [5, 5.41) is 2.94. The highest BCUT2D eigenvalue weighted by atomic mass is 32.2. The van der Waals surface area contributed by atoms with Crippen LogP contribution in [0.4, 0.5) is 0 Å². The maximum absolute atomic E-state index is 12.2. The van der Waals surface area contributed by atoms with Gasteiger partial charge in [0, 0.05) is 12.0 Å². The summed E-state index contributed by atoms with van der Waals surface area (Å²) in [5.41, 5.74) is 2.70. The van der Waals surface area contributed by atoms with Gasteiger partial charge in [-0.1, -0.05) is 11.1 Å². The smallest absolute Gasteiger partial charge is 0.223 e. The molecular weight excluding hydrogens is 262 g/mol. The SMILES string of the molecule is CC1=C(C)CC(C(=O)NC2CCCS(=O)(=O)C2)CC1. The second-order valence-electron chi connectivity index (χ2n) is 5.96. The quantitative estimate of drug-likeness (QED) is 0.787. The summed E-state index contributed by atoms with van der Waals surface area (Å²) in [6, 6.07) is -0.182. The summed E-state index contributed by atoms with van der Waals surface area (Å²) in [7, 11) is -2.95. The third-order valence-corrected chi connectivity index (χ3v) is 6.15. The number of allylic oxidation sites excluding steroid dienone is 2. The van der Waals surface area contributed by atoms with Gasteiger partial charge in [0.15, 0.2) is 9.84 Å². The average molecular weight is 285 g/mol. The first-order valence-corrected chi connectivity index (χ1v) is 8.85. The lowest BCUT2D eigenvalue weighted by atomic mass is 9.84. The number of nitrogens with one attached hydrogen (secondary N) is 1. The molecule has 2 aliphatic rings. The second kappa shape index (κ2) is 5.65. The fourth-order valence-electron chi connectivity index (χ4n) is 2.93. The summed E-state index contributed by atoms with van der Waals surface area (Å²) < 4.78 is 23.1. The van der Waals surface area contributed by atoms with E-state index in [0.29, 0.717) is 6.42 Å². The highest BCUT2D eigenvalue weighted by Crippen LogP contribution is 2.29. The van der Waals surface area contributed by atoms with Gasteiger partial charge < -0.3 is 5.32 Å². The Balaban J connectivity index is 1.91. The Hall–Kier alpha value is -0.840. The molecule has 1 amide bonds. The van der Waals surface area contributed by atoms with Gasteiger partial charge in [0.25, 0.3) is 0 Å². The normalized spacial score (nSPS) is 31.1. The van der Waals surface area contributed by atoms with E-state index in [0.717, 1.165) is 25.7 Å².